The molecule has 0 unspecified atom stereocenters. The van der Waals surface area contributed by atoms with Crippen LogP contribution in [0.5, 0.6) is 0 Å². The number of hydrogen-bond donors (Lipinski definition) is 3. The van der Waals surface area contributed by atoms with E-state index in [0.717, 1.165) is 27.6 Å². The Hall–Kier alpha value is -3.91. The normalized spacial score (nSPS) is 22.4. The van der Waals surface area contributed by atoms with Crippen molar-refractivity contribution < 1.29 is 24.2 Å². The lowest BCUT2D eigenvalue weighted by Gasteiger charge is -2.36. The van der Waals surface area contributed by atoms with Crippen LogP contribution in [0.4, 0.5) is 0 Å². The number of aromatic amines is 1. The summed E-state index contributed by atoms with van der Waals surface area (Å²) in [7, 11) is 0. The SMILES string of the molecule is O=C1CCC=CC[C@H](CC(=O)N2Cc3ccccc3C[C@H]2CO)C(=O)N[C@@H](Cc2c[nH]c3ccccc23)CO1. The number of aliphatic hydroxyl groups excluding tert-OH is 1. The van der Waals surface area contributed by atoms with Crippen LogP contribution in [0.15, 0.2) is 66.9 Å². The molecule has 2 aliphatic heterocycles. The lowest BCUT2D eigenvalue weighted by atomic mass is 9.92. The molecule has 0 bridgehead atoms. The Balaban J connectivity index is 1.33. The van der Waals surface area contributed by atoms with Gasteiger partial charge >= 0.3 is 5.97 Å². The molecule has 0 saturated carbocycles. The highest BCUT2D eigenvalue weighted by Gasteiger charge is 2.32. The number of cyclic esters (lactones) is 1. The summed E-state index contributed by atoms with van der Waals surface area (Å²) in [4.78, 5) is 44.3. The number of benzene rings is 2. The molecule has 1 aromatic heterocycles. The van der Waals surface area contributed by atoms with E-state index in [-0.39, 0.29) is 49.9 Å². The number of aliphatic hydroxyl groups is 1. The fourth-order valence-corrected chi connectivity index (χ4v) is 5.54. The third-order valence-electron chi connectivity index (χ3n) is 7.71. The summed E-state index contributed by atoms with van der Waals surface area (Å²) in [6, 6.07) is 15.1. The summed E-state index contributed by atoms with van der Waals surface area (Å²) >= 11 is 0. The van der Waals surface area contributed by atoms with E-state index in [2.05, 4.69) is 10.3 Å². The van der Waals surface area contributed by atoms with Crippen LogP contribution in [0.2, 0.25) is 0 Å². The van der Waals surface area contributed by atoms with Crippen LogP contribution in [-0.4, -0.2) is 58.1 Å². The molecule has 0 radical (unpaired) electrons. The van der Waals surface area contributed by atoms with Crippen molar-refractivity contribution in [2.24, 2.45) is 5.92 Å². The minimum absolute atomic E-state index is 0.0361. The number of fused-ring (bicyclic) bond motifs is 2. The van der Waals surface area contributed by atoms with Crippen LogP contribution >= 0.6 is 0 Å². The van der Waals surface area contributed by atoms with E-state index >= 15 is 0 Å². The van der Waals surface area contributed by atoms with Gasteiger partial charge in [0.05, 0.1) is 24.6 Å². The molecule has 0 saturated heterocycles. The second-order valence-corrected chi connectivity index (χ2v) is 10.4. The second-order valence-electron chi connectivity index (χ2n) is 10.4. The van der Waals surface area contributed by atoms with Crippen LogP contribution in [0.3, 0.4) is 0 Å². The molecule has 0 aliphatic carbocycles. The van der Waals surface area contributed by atoms with Gasteiger partial charge in [-0.25, -0.2) is 0 Å². The van der Waals surface area contributed by atoms with Gasteiger partial charge in [0.2, 0.25) is 11.8 Å². The van der Waals surface area contributed by atoms with E-state index in [0.29, 0.717) is 32.2 Å². The number of aromatic nitrogens is 1. The average molecular weight is 530 g/mol. The molecule has 0 fully saturated rings. The Labute approximate surface area is 228 Å². The standard InChI is InChI=1S/C31H35N3O5/c35-19-26-15-21-8-4-5-10-23(21)18-34(26)29(36)16-22-9-2-1-3-13-30(37)39-20-25(33-31(22)38)14-24-17-32-28-12-7-6-11-27(24)28/h1-2,4-8,10-12,17,22,25-26,32,35H,3,9,13-16,18-20H2,(H,33,38)/t22-,25+,26+/m1/s1. The number of nitrogens with one attached hydrogen (secondary N) is 2. The number of para-hydroxylation sites is 1. The van der Waals surface area contributed by atoms with Crippen molar-refractivity contribution in [1.82, 2.24) is 15.2 Å². The van der Waals surface area contributed by atoms with Crippen molar-refractivity contribution in [3.05, 3.63) is 83.6 Å². The van der Waals surface area contributed by atoms with E-state index < -0.39 is 12.0 Å². The third kappa shape index (κ3) is 6.40. The Bertz CT molecular complexity index is 1360. The van der Waals surface area contributed by atoms with Gasteiger partial charge in [-0.05, 0) is 48.4 Å². The minimum Gasteiger partial charge on any atom is -0.463 e. The molecular weight excluding hydrogens is 494 g/mol. The fraction of sp³-hybridized carbons (Fsp3) is 0.387. The zero-order chi connectivity index (χ0) is 27.2. The van der Waals surface area contributed by atoms with Gasteiger partial charge in [-0.2, -0.15) is 0 Å². The van der Waals surface area contributed by atoms with Gasteiger partial charge in [0, 0.05) is 36.5 Å². The maximum Gasteiger partial charge on any atom is 0.306 e. The van der Waals surface area contributed by atoms with Crippen molar-refractivity contribution >= 4 is 28.7 Å². The van der Waals surface area contributed by atoms with Crippen LogP contribution in [-0.2, 0) is 38.5 Å². The Morgan fingerprint density at radius 3 is 2.69 bits per heavy atom. The highest BCUT2D eigenvalue weighted by molar-refractivity contribution is 5.87. The van der Waals surface area contributed by atoms with Crippen molar-refractivity contribution in [2.45, 2.75) is 57.2 Å². The number of nitrogens with zero attached hydrogens (tertiary/aromatic N) is 1. The van der Waals surface area contributed by atoms with Crippen molar-refractivity contribution in [3.63, 3.8) is 0 Å². The summed E-state index contributed by atoms with van der Waals surface area (Å²) in [5.74, 6) is -1.27. The summed E-state index contributed by atoms with van der Waals surface area (Å²) in [6.07, 6.45) is 7.93. The monoisotopic (exact) mass is 529 g/mol. The van der Waals surface area contributed by atoms with Gasteiger partial charge in [0.25, 0.3) is 0 Å². The molecular formula is C31H35N3O5. The van der Waals surface area contributed by atoms with E-state index in [1.807, 2.05) is 66.9 Å². The van der Waals surface area contributed by atoms with Gasteiger partial charge in [-0.15, -0.1) is 0 Å². The van der Waals surface area contributed by atoms with Crippen molar-refractivity contribution in [2.75, 3.05) is 13.2 Å². The molecule has 2 aromatic carbocycles. The number of esters is 1. The first-order chi connectivity index (χ1) is 19.0. The molecule has 204 valence electrons. The molecule has 3 aromatic rings. The van der Waals surface area contributed by atoms with Gasteiger partial charge < -0.3 is 25.0 Å². The predicted octanol–water partition coefficient (Wildman–Crippen LogP) is 3.43. The first kappa shape index (κ1) is 26.7. The number of rotatable bonds is 5. The largest absolute Gasteiger partial charge is 0.463 e. The maximum absolute atomic E-state index is 13.6. The minimum atomic E-state index is -0.578. The first-order valence-corrected chi connectivity index (χ1v) is 13.6. The van der Waals surface area contributed by atoms with Crippen LogP contribution in [0, 0.1) is 5.92 Å². The van der Waals surface area contributed by atoms with Gasteiger partial charge in [0.1, 0.15) is 6.61 Å². The number of H-pyrrole nitrogens is 1. The molecule has 39 heavy (non-hydrogen) atoms. The Morgan fingerprint density at radius 1 is 1.05 bits per heavy atom. The summed E-state index contributed by atoms with van der Waals surface area (Å²) in [6.45, 7) is 0.350. The molecule has 3 N–H and O–H groups in total. The number of hydrogen-bond acceptors (Lipinski definition) is 5. The zero-order valence-electron chi connectivity index (χ0n) is 22.0. The molecule has 3 heterocycles. The lowest BCUT2D eigenvalue weighted by molar-refractivity contribution is -0.145. The molecule has 8 nitrogen and oxygen atoms in total. The molecule has 8 heteroatoms. The lowest BCUT2D eigenvalue weighted by Crippen LogP contribution is -2.48. The third-order valence-corrected chi connectivity index (χ3v) is 7.71. The van der Waals surface area contributed by atoms with Crippen molar-refractivity contribution in [1.29, 1.82) is 0 Å². The van der Waals surface area contributed by atoms with E-state index in [1.165, 1.54) is 0 Å². The van der Waals surface area contributed by atoms with Gasteiger partial charge in [0.15, 0.2) is 0 Å². The van der Waals surface area contributed by atoms with Gasteiger partial charge in [-0.3, -0.25) is 14.4 Å². The smallest absolute Gasteiger partial charge is 0.306 e. The van der Waals surface area contributed by atoms with Crippen LogP contribution < -0.4 is 5.32 Å². The second kappa shape index (κ2) is 12.3. The zero-order valence-corrected chi connectivity index (χ0v) is 22.0. The summed E-state index contributed by atoms with van der Waals surface area (Å²) < 4.78 is 5.51. The number of ether oxygens (including phenoxy) is 1. The first-order valence-electron chi connectivity index (χ1n) is 13.6. The number of carbonyl (C=O) groups excluding carboxylic acids is 3. The average Bonchev–Trinajstić information content (AvgIpc) is 3.36. The predicted molar refractivity (Wildman–Crippen MR) is 148 cm³/mol. The highest BCUT2D eigenvalue weighted by Crippen LogP contribution is 2.26. The molecule has 0 spiro atoms. The van der Waals surface area contributed by atoms with Crippen molar-refractivity contribution in [3.8, 4) is 0 Å². The summed E-state index contributed by atoms with van der Waals surface area (Å²) in [5.41, 5.74) is 4.23. The quantitative estimate of drug-likeness (QED) is 0.346. The molecule has 3 atom stereocenters. The van der Waals surface area contributed by atoms with E-state index in [4.69, 9.17) is 4.74 Å². The fourth-order valence-electron chi connectivity index (χ4n) is 5.54. The molecule has 5 rings (SSSR count). The molecule has 2 amide bonds. The van der Waals surface area contributed by atoms with E-state index in [9.17, 15) is 19.5 Å². The number of amides is 2. The van der Waals surface area contributed by atoms with Crippen LogP contribution in [0.1, 0.15) is 42.4 Å². The Kier molecular flexibility index (Phi) is 8.42. The van der Waals surface area contributed by atoms with Gasteiger partial charge in [-0.1, -0.05) is 54.6 Å². The van der Waals surface area contributed by atoms with Crippen LogP contribution in [0.25, 0.3) is 10.9 Å². The number of carbonyl (C=O) groups is 3. The Morgan fingerprint density at radius 2 is 1.85 bits per heavy atom. The van der Waals surface area contributed by atoms with E-state index in [1.54, 1.807) is 4.90 Å². The topological polar surface area (TPSA) is 112 Å². The molecule has 2 aliphatic rings. The summed E-state index contributed by atoms with van der Waals surface area (Å²) in [5, 5.41) is 14.2. The maximum atomic E-state index is 13.6. The highest BCUT2D eigenvalue weighted by atomic mass is 16.5. The number of allylic oxidation sites excluding steroid dienone is 2.